The zero-order valence-corrected chi connectivity index (χ0v) is 12.8. The minimum absolute atomic E-state index is 0.171. The smallest absolute Gasteiger partial charge is 0.306 e. The summed E-state index contributed by atoms with van der Waals surface area (Å²) >= 11 is 0. The molecular weight excluding hydrogens is 244 g/mol. The second-order valence-electron chi connectivity index (χ2n) is 5.41. The lowest BCUT2D eigenvalue weighted by Crippen LogP contribution is -2.30. The predicted molar refractivity (Wildman–Crippen MR) is 74.8 cm³/mol. The van der Waals surface area contributed by atoms with Crippen LogP contribution in [0.2, 0.25) is 0 Å². The first kappa shape index (κ1) is 17.9. The van der Waals surface area contributed by atoms with Gasteiger partial charge in [-0.1, -0.05) is 26.7 Å². The van der Waals surface area contributed by atoms with Crippen LogP contribution < -0.4 is 0 Å². The molecule has 0 radical (unpaired) electrons. The molecule has 19 heavy (non-hydrogen) atoms. The maximum absolute atomic E-state index is 11.5. The maximum atomic E-state index is 11.5. The van der Waals surface area contributed by atoms with Gasteiger partial charge in [0.15, 0.2) is 0 Å². The maximum Gasteiger partial charge on any atom is 0.306 e. The number of hydrogen-bond donors (Lipinski definition) is 0. The number of esters is 2. The van der Waals surface area contributed by atoms with Crippen molar-refractivity contribution in [1.82, 2.24) is 0 Å². The van der Waals surface area contributed by atoms with Crippen LogP contribution >= 0.6 is 0 Å². The van der Waals surface area contributed by atoms with E-state index < -0.39 is 5.60 Å². The lowest BCUT2D eigenvalue weighted by molar-refractivity contribution is -0.159. The molecule has 4 heteroatoms. The van der Waals surface area contributed by atoms with Gasteiger partial charge in [-0.3, -0.25) is 9.59 Å². The van der Waals surface area contributed by atoms with E-state index in [0.717, 1.165) is 25.7 Å². The summed E-state index contributed by atoms with van der Waals surface area (Å²) in [5.74, 6) is -0.348. The average molecular weight is 272 g/mol. The molecule has 0 rings (SSSR count). The fourth-order valence-electron chi connectivity index (χ4n) is 1.54. The molecule has 0 saturated heterocycles. The highest BCUT2D eigenvalue weighted by atomic mass is 16.6. The average Bonchev–Trinajstić information content (AvgIpc) is 2.33. The van der Waals surface area contributed by atoms with Crippen LogP contribution in [0.15, 0.2) is 0 Å². The fraction of sp³-hybridized carbons (Fsp3) is 0.867. The Labute approximate surface area is 116 Å². The normalized spacial score (nSPS) is 11.2. The van der Waals surface area contributed by atoms with E-state index >= 15 is 0 Å². The Morgan fingerprint density at radius 1 is 0.947 bits per heavy atom. The molecular formula is C15H28O4. The Hall–Kier alpha value is -1.06. The summed E-state index contributed by atoms with van der Waals surface area (Å²) in [4.78, 5) is 22.8. The largest absolute Gasteiger partial charge is 0.466 e. The second kappa shape index (κ2) is 9.82. The molecule has 0 spiro atoms. The minimum atomic E-state index is -0.574. The first-order chi connectivity index (χ1) is 8.91. The van der Waals surface area contributed by atoms with Crippen molar-refractivity contribution in [2.75, 3.05) is 6.61 Å². The molecule has 0 bridgehead atoms. The lowest BCUT2D eigenvalue weighted by atomic mass is 10.1. The van der Waals surface area contributed by atoms with Gasteiger partial charge >= 0.3 is 11.9 Å². The molecule has 0 amide bonds. The molecule has 4 nitrogen and oxygen atoms in total. The van der Waals surface area contributed by atoms with Gasteiger partial charge < -0.3 is 9.47 Å². The zero-order valence-electron chi connectivity index (χ0n) is 12.8. The molecule has 0 aromatic rings. The van der Waals surface area contributed by atoms with Crippen LogP contribution in [-0.4, -0.2) is 24.1 Å². The van der Waals surface area contributed by atoms with E-state index in [1.54, 1.807) is 0 Å². The molecule has 0 unspecified atom stereocenters. The molecule has 0 aromatic heterocycles. The van der Waals surface area contributed by atoms with Gasteiger partial charge in [-0.25, -0.2) is 0 Å². The standard InChI is InChI=1S/C15H28O4/c1-5-7-9-13(16)18-12-11-15(3,4)19-14(17)10-8-6-2/h5-12H2,1-4H3. The van der Waals surface area contributed by atoms with E-state index in [4.69, 9.17) is 9.47 Å². The third-order valence-corrected chi connectivity index (χ3v) is 2.83. The Balaban J connectivity index is 3.83. The van der Waals surface area contributed by atoms with E-state index in [2.05, 4.69) is 0 Å². The van der Waals surface area contributed by atoms with Gasteiger partial charge in [0, 0.05) is 19.3 Å². The Morgan fingerprint density at radius 3 is 2.00 bits per heavy atom. The van der Waals surface area contributed by atoms with E-state index in [-0.39, 0.29) is 11.9 Å². The van der Waals surface area contributed by atoms with Crippen molar-refractivity contribution < 1.29 is 19.1 Å². The van der Waals surface area contributed by atoms with E-state index in [1.807, 2.05) is 27.7 Å². The van der Waals surface area contributed by atoms with Gasteiger partial charge in [-0.15, -0.1) is 0 Å². The van der Waals surface area contributed by atoms with Gasteiger partial charge in [0.25, 0.3) is 0 Å². The molecule has 0 aromatic carbocycles. The number of unbranched alkanes of at least 4 members (excludes halogenated alkanes) is 2. The highest BCUT2D eigenvalue weighted by Gasteiger charge is 2.23. The Morgan fingerprint density at radius 2 is 1.47 bits per heavy atom. The van der Waals surface area contributed by atoms with Crippen LogP contribution in [-0.2, 0) is 19.1 Å². The first-order valence-corrected chi connectivity index (χ1v) is 7.28. The number of carbonyl (C=O) groups excluding carboxylic acids is 2. The Kier molecular flexibility index (Phi) is 9.27. The molecule has 0 saturated carbocycles. The van der Waals surface area contributed by atoms with E-state index in [9.17, 15) is 9.59 Å². The number of hydrogen-bond acceptors (Lipinski definition) is 4. The van der Waals surface area contributed by atoms with Gasteiger partial charge in [0.1, 0.15) is 5.60 Å². The van der Waals surface area contributed by atoms with Gasteiger partial charge in [0.05, 0.1) is 6.61 Å². The quantitative estimate of drug-likeness (QED) is 0.570. The van der Waals surface area contributed by atoms with Crippen LogP contribution in [0.3, 0.4) is 0 Å². The number of carbonyl (C=O) groups is 2. The summed E-state index contributed by atoms with van der Waals surface area (Å²) in [5.41, 5.74) is -0.574. The summed E-state index contributed by atoms with van der Waals surface area (Å²) in [6.45, 7) is 8.06. The van der Waals surface area contributed by atoms with Crippen molar-refractivity contribution in [3.63, 3.8) is 0 Å². The molecule has 0 aliphatic heterocycles. The van der Waals surface area contributed by atoms with E-state index in [0.29, 0.717) is 25.9 Å². The molecule has 0 heterocycles. The third-order valence-electron chi connectivity index (χ3n) is 2.83. The Bertz CT molecular complexity index is 271. The van der Waals surface area contributed by atoms with Crippen LogP contribution in [0, 0.1) is 0 Å². The van der Waals surface area contributed by atoms with Gasteiger partial charge in [0.2, 0.25) is 0 Å². The predicted octanol–water partition coefficient (Wildman–Crippen LogP) is 3.62. The van der Waals surface area contributed by atoms with Gasteiger partial charge in [-0.05, 0) is 26.7 Å². The SMILES string of the molecule is CCCCC(=O)OCCC(C)(C)OC(=O)CCCC. The molecule has 0 aliphatic carbocycles. The molecule has 112 valence electrons. The third kappa shape index (κ3) is 10.5. The topological polar surface area (TPSA) is 52.6 Å². The zero-order chi connectivity index (χ0) is 14.7. The fourth-order valence-corrected chi connectivity index (χ4v) is 1.54. The van der Waals surface area contributed by atoms with Crippen molar-refractivity contribution in [2.45, 2.75) is 78.2 Å². The van der Waals surface area contributed by atoms with Gasteiger partial charge in [-0.2, -0.15) is 0 Å². The monoisotopic (exact) mass is 272 g/mol. The van der Waals surface area contributed by atoms with Crippen LogP contribution in [0.5, 0.6) is 0 Å². The van der Waals surface area contributed by atoms with Crippen molar-refractivity contribution >= 4 is 11.9 Å². The first-order valence-electron chi connectivity index (χ1n) is 7.28. The molecule has 0 atom stereocenters. The summed E-state index contributed by atoms with van der Waals surface area (Å²) in [7, 11) is 0. The molecule has 0 N–H and O–H groups in total. The van der Waals surface area contributed by atoms with Crippen molar-refractivity contribution in [1.29, 1.82) is 0 Å². The highest BCUT2D eigenvalue weighted by molar-refractivity contribution is 5.70. The van der Waals surface area contributed by atoms with Crippen LogP contribution in [0.25, 0.3) is 0 Å². The summed E-state index contributed by atoms with van der Waals surface area (Å²) in [6.07, 6.45) is 5.11. The lowest BCUT2D eigenvalue weighted by Gasteiger charge is -2.25. The molecule has 0 fully saturated rings. The highest BCUT2D eigenvalue weighted by Crippen LogP contribution is 2.16. The van der Waals surface area contributed by atoms with Crippen molar-refractivity contribution in [3.8, 4) is 0 Å². The van der Waals surface area contributed by atoms with Crippen LogP contribution in [0.4, 0.5) is 0 Å². The summed E-state index contributed by atoms with van der Waals surface area (Å²) < 4.78 is 10.5. The molecule has 0 aliphatic rings. The number of ether oxygens (including phenoxy) is 2. The summed E-state index contributed by atoms with van der Waals surface area (Å²) in [6, 6.07) is 0. The van der Waals surface area contributed by atoms with Crippen molar-refractivity contribution in [3.05, 3.63) is 0 Å². The van der Waals surface area contributed by atoms with Crippen LogP contribution in [0.1, 0.15) is 72.6 Å². The summed E-state index contributed by atoms with van der Waals surface area (Å²) in [5, 5.41) is 0. The van der Waals surface area contributed by atoms with Crippen molar-refractivity contribution in [2.24, 2.45) is 0 Å². The van der Waals surface area contributed by atoms with E-state index in [1.165, 1.54) is 0 Å². The number of rotatable bonds is 10. The minimum Gasteiger partial charge on any atom is -0.466 e. The second-order valence-corrected chi connectivity index (χ2v) is 5.41.